The second-order valence-electron chi connectivity index (χ2n) is 10.1. The van der Waals surface area contributed by atoms with Gasteiger partial charge in [0.2, 0.25) is 11.8 Å². The van der Waals surface area contributed by atoms with Crippen LogP contribution in [0.15, 0.2) is 36.4 Å². The lowest BCUT2D eigenvalue weighted by atomic mass is 9.87. The Balaban J connectivity index is 2.44. The Labute approximate surface area is 256 Å². The number of methoxy groups -OCH3 is 1. The zero-order chi connectivity index (χ0) is 30.4. The van der Waals surface area contributed by atoms with Crippen molar-refractivity contribution < 1.29 is 38.8 Å². The number of halogens is 1. The van der Waals surface area contributed by atoms with Crippen LogP contribution in [0.25, 0.3) is 0 Å². The van der Waals surface area contributed by atoms with Gasteiger partial charge in [0, 0.05) is 43.7 Å². The van der Waals surface area contributed by atoms with E-state index in [1.807, 2.05) is 42.5 Å². The van der Waals surface area contributed by atoms with Gasteiger partial charge in [-0.3, -0.25) is 14.4 Å². The van der Waals surface area contributed by atoms with E-state index in [2.05, 4.69) is 11.9 Å². The molecule has 1 aliphatic rings. The Morgan fingerprint density at radius 3 is 2.66 bits per heavy atom. The number of rotatable bonds is 18. The summed E-state index contributed by atoms with van der Waals surface area (Å²) in [7, 11) is 1.45. The van der Waals surface area contributed by atoms with Crippen molar-refractivity contribution >= 4 is 40.7 Å². The predicted octanol–water partition coefficient (Wildman–Crippen LogP) is 3.42. The molecule has 0 bridgehead atoms. The first kappa shape index (κ1) is 34.7. The molecular formula is C30H43IN2O8. The second-order valence-corrected chi connectivity index (χ2v) is 11.2. The Bertz CT molecular complexity index is 1060. The molecule has 0 aromatic heterocycles. The van der Waals surface area contributed by atoms with E-state index in [0.29, 0.717) is 64.9 Å². The third-order valence-electron chi connectivity index (χ3n) is 6.62. The highest BCUT2D eigenvalue weighted by Crippen LogP contribution is 2.37. The van der Waals surface area contributed by atoms with Crippen LogP contribution in [0, 0.1) is 3.57 Å². The van der Waals surface area contributed by atoms with Gasteiger partial charge in [-0.05, 0) is 80.3 Å². The monoisotopic (exact) mass is 686 g/mol. The standard InChI is InChI=1S/C30H43IN2O8/c1-5-6-7-8-10-27(36)33(12-9-14-40-20(2)3)24-17-22(30(38)32-11-13-34)18-25(28(24)37)41-29-23(31)15-21(19-35)16-26(29)39-4/h5,15-16,18-20,24-25,28,34,37H,1,6-14,17H2,2-4H3,(H,32,38). The van der Waals surface area contributed by atoms with Crippen molar-refractivity contribution in [1.29, 1.82) is 0 Å². The maximum absolute atomic E-state index is 13.5. The molecule has 11 heteroatoms. The van der Waals surface area contributed by atoms with E-state index < -0.39 is 24.2 Å². The third kappa shape index (κ3) is 10.7. The minimum atomic E-state index is -1.17. The maximum Gasteiger partial charge on any atom is 0.247 e. The summed E-state index contributed by atoms with van der Waals surface area (Å²) in [6, 6.07) is 2.41. The van der Waals surface area contributed by atoms with Crippen molar-refractivity contribution in [2.45, 2.75) is 76.7 Å². The van der Waals surface area contributed by atoms with Crippen LogP contribution < -0.4 is 14.8 Å². The van der Waals surface area contributed by atoms with Gasteiger partial charge >= 0.3 is 0 Å². The second kappa shape index (κ2) is 18.1. The molecule has 0 heterocycles. The number of nitrogens with one attached hydrogen (secondary N) is 1. The molecule has 1 aliphatic carbocycles. The van der Waals surface area contributed by atoms with E-state index in [9.17, 15) is 24.6 Å². The fraction of sp³-hybridized carbons (Fsp3) is 0.567. The normalized spacial score (nSPS) is 18.4. The number of hydrogen-bond acceptors (Lipinski definition) is 8. The van der Waals surface area contributed by atoms with Crippen LogP contribution in [-0.4, -0.2) is 91.0 Å². The van der Waals surface area contributed by atoms with E-state index >= 15 is 0 Å². The number of aliphatic hydroxyl groups excluding tert-OH is 2. The van der Waals surface area contributed by atoms with Gasteiger partial charge in [-0.2, -0.15) is 0 Å². The van der Waals surface area contributed by atoms with E-state index in [1.165, 1.54) is 13.2 Å². The van der Waals surface area contributed by atoms with Gasteiger partial charge in [0.05, 0.1) is 29.4 Å². The summed E-state index contributed by atoms with van der Waals surface area (Å²) < 4.78 is 18.0. The van der Waals surface area contributed by atoms with Crippen molar-refractivity contribution in [3.05, 3.63) is 45.6 Å². The maximum atomic E-state index is 13.5. The van der Waals surface area contributed by atoms with Gasteiger partial charge < -0.3 is 34.6 Å². The number of aldehydes is 1. The summed E-state index contributed by atoms with van der Waals surface area (Å²) in [5.74, 6) is 0.0707. The summed E-state index contributed by atoms with van der Waals surface area (Å²) in [5, 5.41) is 23.5. The zero-order valence-corrected chi connectivity index (χ0v) is 26.3. The summed E-state index contributed by atoms with van der Waals surface area (Å²) in [6.45, 7) is 8.23. The first-order chi connectivity index (χ1) is 19.7. The Kier molecular flexibility index (Phi) is 15.4. The van der Waals surface area contributed by atoms with Gasteiger partial charge in [-0.25, -0.2) is 0 Å². The lowest BCUT2D eigenvalue weighted by Gasteiger charge is -2.41. The summed E-state index contributed by atoms with van der Waals surface area (Å²) >= 11 is 2.02. The first-order valence-corrected chi connectivity index (χ1v) is 15.0. The van der Waals surface area contributed by atoms with Crippen molar-refractivity contribution in [2.75, 3.05) is 33.4 Å². The molecule has 3 N–H and O–H groups in total. The number of aliphatic hydroxyl groups is 2. The summed E-state index contributed by atoms with van der Waals surface area (Å²) in [4.78, 5) is 39.5. The molecule has 2 rings (SSSR count). The van der Waals surface area contributed by atoms with E-state index in [4.69, 9.17) is 14.2 Å². The van der Waals surface area contributed by atoms with Crippen molar-refractivity contribution in [1.82, 2.24) is 10.2 Å². The number of nitrogens with zero attached hydrogens (tertiary/aromatic N) is 1. The molecule has 0 radical (unpaired) electrons. The van der Waals surface area contributed by atoms with Crippen LogP contribution in [0.5, 0.6) is 11.5 Å². The van der Waals surface area contributed by atoms with Crippen LogP contribution in [0.3, 0.4) is 0 Å². The number of amides is 2. The molecule has 41 heavy (non-hydrogen) atoms. The Morgan fingerprint density at radius 1 is 1.27 bits per heavy atom. The van der Waals surface area contributed by atoms with Crippen LogP contribution in [0.1, 0.15) is 62.7 Å². The molecule has 228 valence electrons. The number of carbonyl (C=O) groups is 3. The zero-order valence-electron chi connectivity index (χ0n) is 24.1. The summed E-state index contributed by atoms with van der Waals surface area (Å²) in [6.07, 6.45) is 5.20. The van der Waals surface area contributed by atoms with E-state index in [-0.39, 0.29) is 31.6 Å². The van der Waals surface area contributed by atoms with Crippen molar-refractivity contribution in [3.63, 3.8) is 0 Å². The first-order valence-electron chi connectivity index (χ1n) is 14.0. The van der Waals surface area contributed by atoms with Crippen LogP contribution in [0.4, 0.5) is 0 Å². The smallest absolute Gasteiger partial charge is 0.247 e. The van der Waals surface area contributed by atoms with Crippen molar-refractivity contribution in [2.24, 2.45) is 0 Å². The molecule has 2 amide bonds. The van der Waals surface area contributed by atoms with Crippen LogP contribution in [0.2, 0.25) is 0 Å². The van der Waals surface area contributed by atoms with Gasteiger partial charge in [-0.15, -0.1) is 6.58 Å². The number of allylic oxidation sites excluding steroid dienone is 1. The van der Waals surface area contributed by atoms with Gasteiger partial charge in [0.15, 0.2) is 11.5 Å². The topological polar surface area (TPSA) is 135 Å². The van der Waals surface area contributed by atoms with Crippen LogP contribution in [-0.2, 0) is 14.3 Å². The molecule has 3 atom stereocenters. The minimum absolute atomic E-state index is 0.0453. The number of ether oxygens (including phenoxy) is 3. The van der Waals surface area contributed by atoms with Gasteiger partial charge in [-0.1, -0.05) is 6.08 Å². The number of benzene rings is 1. The minimum Gasteiger partial charge on any atom is -0.493 e. The highest BCUT2D eigenvalue weighted by atomic mass is 127. The lowest BCUT2D eigenvalue weighted by molar-refractivity contribution is -0.139. The van der Waals surface area contributed by atoms with E-state index in [0.717, 1.165) is 12.8 Å². The summed E-state index contributed by atoms with van der Waals surface area (Å²) in [5.41, 5.74) is 0.734. The molecule has 0 saturated heterocycles. The average molecular weight is 687 g/mol. The fourth-order valence-electron chi connectivity index (χ4n) is 4.58. The predicted molar refractivity (Wildman–Crippen MR) is 164 cm³/mol. The molecule has 10 nitrogen and oxygen atoms in total. The highest BCUT2D eigenvalue weighted by Gasteiger charge is 2.40. The Hall–Kier alpha value is -2.48. The molecular weight excluding hydrogens is 643 g/mol. The van der Waals surface area contributed by atoms with Gasteiger partial charge in [0.25, 0.3) is 0 Å². The number of hydrogen-bond donors (Lipinski definition) is 3. The fourth-order valence-corrected chi connectivity index (χ4v) is 5.33. The molecule has 3 unspecified atom stereocenters. The lowest BCUT2D eigenvalue weighted by Crippen LogP contribution is -2.55. The third-order valence-corrected chi connectivity index (χ3v) is 7.42. The Morgan fingerprint density at radius 2 is 2.02 bits per heavy atom. The highest BCUT2D eigenvalue weighted by molar-refractivity contribution is 14.1. The quantitative estimate of drug-likeness (QED) is 0.0927. The molecule has 1 aromatic carbocycles. The van der Waals surface area contributed by atoms with Crippen molar-refractivity contribution in [3.8, 4) is 11.5 Å². The number of unbranched alkanes of at least 4 members (excludes halogenated alkanes) is 2. The average Bonchev–Trinajstić information content (AvgIpc) is 2.95. The van der Waals surface area contributed by atoms with E-state index in [1.54, 1.807) is 17.0 Å². The SMILES string of the molecule is C=CCCCCC(=O)N(CCCOC(C)C)C1CC(C(=O)NCCO)=CC(Oc2c(I)cc(C=O)cc2OC)C1O. The molecule has 0 fully saturated rings. The molecule has 0 saturated carbocycles. The largest absolute Gasteiger partial charge is 0.493 e. The molecule has 0 spiro atoms. The molecule has 1 aromatic rings. The number of carbonyl (C=O) groups excluding carboxylic acids is 3. The molecule has 0 aliphatic heterocycles. The van der Waals surface area contributed by atoms with Crippen LogP contribution >= 0.6 is 22.6 Å². The van der Waals surface area contributed by atoms with Gasteiger partial charge in [0.1, 0.15) is 18.5 Å².